The van der Waals surface area contributed by atoms with Gasteiger partial charge in [-0.2, -0.15) is 0 Å². The van der Waals surface area contributed by atoms with E-state index < -0.39 is 11.9 Å². The summed E-state index contributed by atoms with van der Waals surface area (Å²) < 4.78 is 17.8. The molecule has 1 saturated heterocycles. The van der Waals surface area contributed by atoms with E-state index in [0.717, 1.165) is 11.1 Å². The minimum atomic E-state index is -0.611. The molecule has 2 aliphatic rings. The van der Waals surface area contributed by atoms with E-state index in [2.05, 4.69) is 26.1 Å². The summed E-state index contributed by atoms with van der Waals surface area (Å²) in [5, 5.41) is 23.7. The maximum absolute atomic E-state index is 10.3. The number of rotatable bonds is 5. The highest BCUT2D eigenvalue weighted by Gasteiger charge is 2.45. The number of phenols is 1. The number of fused-ring (bicyclic) bond motifs is 2. The number of aliphatic hydroxyl groups is 1. The van der Waals surface area contributed by atoms with Crippen molar-refractivity contribution in [2.24, 2.45) is 0 Å². The van der Waals surface area contributed by atoms with Crippen LogP contribution in [0.4, 0.5) is 0 Å². The van der Waals surface area contributed by atoms with E-state index in [1.54, 1.807) is 12.1 Å². The lowest BCUT2D eigenvalue weighted by Gasteiger charge is -2.28. The number of hydrogen-bond donors (Lipinski definition) is 3. The van der Waals surface area contributed by atoms with Crippen molar-refractivity contribution in [1.82, 2.24) is 5.32 Å². The third kappa shape index (κ3) is 4.49. The number of nitrogens with one attached hydrogen (secondary N) is 1. The first-order valence-corrected chi connectivity index (χ1v) is 9.29. The highest BCUT2D eigenvalue weighted by atomic mass is 16.7. The zero-order valence-electron chi connectivity index (χ0n) is 16.3. The molecule has 0 saturated carbocycles. The Labute approximate surface area is 155 Å². The molecule has 0 radical (unpaired) electrons. The molecular weight excluding hydrogens is 334 g/mol. The summed E-state index contributed by atoms with van der Waals surface area (Å²) in [5.41, 5.74) is 1.75. The molecule has 3 unspecified atom stereocenters. The van der Waals surface area contributed by atoms with Gasteiger partial charge >= 0.3 is 0 Å². The molecule has 0 amide bonds. The van der Waals surface area contributed by atoms with E-state index >= 15 is 0 Å². The summed E-state index contributed by atoms with van der Waals surface area (Å²) in [6, 6.07) is 3.41. The van der Waals surface area contributed by atoms with Crippen molar-refractivity contribution in [2.45, 2.75) is 77.1 Å². The summed E-state index contributed by atoms with van der Waals surface area (Å²) in [6.45, 7) is 10.6. The molecule has 1 aromatic rings. The first kappa shape index (κ1) is 19.4. The van der Waals surface area contributed by atoms with Gasteiger partial charge in [0.1, 0.15) is 24.2 Å². The number of phenolic OH excluding ortho intramolecular Hbond substituents is 1. The van der Waals surface area contributed by atoms with Crippen LogP contribution in [-0.4, -0.2) is 53.0 Å². The minimum Gasteiger partial charge on any atom is -0.508 e. The Hall–Kier alpha value is -1.34. The van der Waals surface area contributed by atoms with E-state index in [0.29, 0.717) is 25.1 Å². The zero-order chi connectivity index (χ0) is 19.1. The van der Waals surface area contributed by atoms with Crippen LogP contribution in [0.3, 0.4) is 0 Å². The number of benzene rings is 1. The van der Waals surface area contributed by atoms with Gasteiger partial charge in [0.05, 0.1) is 12.2 Å². The fourth-order valence-electron chi connectivity index (χ4n) is 3.57. The van der Waals surface area contributed by atoms with Crippen molar-refractivity contribution < 1.29 is 24.4 Å². The molecular formula is C20H31NO5. The van der Waals surface area contributed by atoms with Crippen LogP contribution in [0.5, 0.6) is 11.5 Å². The first-order valence-electron chi connectivity index (χ1n) is 9.29. The maximum atomic E-state index is 10.3. The summed E-state index contributed by atoms with van der Waals surface area (Å²) in [5.74, 6) is 0.344. The van der Waals surface area contributed by atoms with Crippen LogP contribution in [-0.2, 0) is 22.3 Å². The average Bonchev–Trinajstić information content (AvgIpc) is 2.83. The lowest BCUT2D eigenvalue weighted by Crippen LogP contribution is -2.42. The molecule has 0 aromatic heterocycles. The third-order valence-electron chi connectivity index (χ3n) is 4.76. The van der Waals surface area contributed by atoms with Crippen molar-refractivity contribution in [3.8, 4) is 11.5 Å². The summed E-state index contributed by atoms with van der Waals surface area (Å²) in [7, 11) is 0. The van der Waals surface area contributed by atoms with Gasteiger partial charge in [-0.05, 0) is 46.8 Å². The molecule has 146 valence electrons. The molecule has 0 spiro atoms. The Morgan fingerprint density at radius 3 is 2.42 bits per heavy atom. The zero-order valence-corrected chi connectivity index (χ0v) is 16.3. The molecule has 6 heteroatoms. The SMILES string of the molecule is CC(C)(C)NCC(O)COc1ccc(O)c2c1CC1OC(C)(C)OC1C2. The van der Waals surface area contributed by atoms with Crippen LogP contribution in [0.2, 0.25) is 0 Å². The van der Waals surface area contributed by atoms with Crippen LogP contribution >= 0.6 is 0 Å². The summed E-state index contributed by atoms with van der Waals surface area (Å²) in [4.78, 5) is 0. The lowest BCUT2D eigenvalue weighted by atomic mass is 9.86. The second kappa shape index (κ2) is 7.00. The predicted octanol–water partition coefficient (Wildman–Crippen LogP) is 2.14. The van der Waals surface area contributed by atoms with Crippen LogP contribution in [0.15, 0.2) is 12.1 Å². The first-order chi connectivity index (χ1) is 12.0. The molecule has 1 aromatic carbocycles. The topological polar surface area (TPSA) is 80.2 Å². The van der Waals surface area contributed by atoms with Crippen molar-refractivity contribution in [2.75, 3.05) is 13.2 Å². The molecule has 26 heavy (non-hydrogen) atoms. The molecule has 1 aliphatic carbocycles. The molecule has 1 heterocycles. The van der Waals surface area contributed by atoms with Crippen LogP contribution < -0.4 is 10.1 Å². The van der Waals surface area contributed by atoms with Crippen LogP contribution in [0.25, 0.3) is 0 Å². The molecule has 3 rings (SSSR count). The van der Waals surface area contributed by atoms with Crippen molar-refractivity contribution in [3.63, 3.8) is 0 Å². The van der Waals surface area contributed by atoms with Gasteiger partial charge in [-0.25, -0.2) is 0 Å². The largest absolute Gasteiger partial charge is 0.508 e. The minimum absolute atomic E-state index is 0.0471. The second-order valence-corrected chi connectivity index (χ2v) is 8.76. The highest BCUT2D eigenvalue weighted by molar-refractivity contribution is 5.50. The third-order valence-corrected chi connectivity index (χ3v) is 4.76. The normalized spacial score (nSPS) is 25.5. The second-order valence-electron chi connectivity index (χ2n) is 8.76. The molecule has 1 aliphatic heterocycles. The predicted molar refractivity (Wildman–Crippen MR) is 98.6 cm³/mol. The van der Waals surface area contributed by atoms with Crippen LogP contribution in [0.1, 0.15) is 45.7 Å². The monoisotopic (exact) mass is 365 g/mol. The van der Waals surface area contributed by atoms with Gasteiger partial charge in [0.25, 0.3) is 0 Å². The van der Waals surface area contributed by atoms with E-state index in [-0.39, 0.29) is 30.1 Å². The van der Waals surface area contributed by atoms with E-state index in [1.165, 1.54) is 0 Å². The van der Waals surface area contributed by atoms with Crippen molar-refractivity contribution >= 4 is 0 Å². The fraction of sp³-hybridized carbons (Fsp3) is 0.700. The van der Waals surface area contributed by atoms with Gasteiger partial charge in [-0.3, -0.25) is 0 Å². The number of aliphatic hydroxyl groups excluding tert-OH is 1. The van der Waals surface area contributed by atoms with E-state index in [4.69, 9.17) is 14.2 Å². The Morgan fingerprint density at radius 1 is 1.19 bits per heavy atom. The number of β-amino-alcohol motifs (C(OH)–C–C–N with tert-alkyl or cyclic N) is 1. The fourth-order valence-corrected chi connectivity index (χ4v) is 3.57. The maximum Gasteiger partial charge on any atom is 0.163 e. The van der Waals surface area contributed by atoms with Gasteiger partial charge in [-0.15, -0.1) is 0 Å². The number of aromatic hydroxyl groups is 1. The van der Waals surface area contributed by atoms with Gasteiger partial charge in [0, 0.05) is 36.1 Å². The number of hydrogen-bond acceptors (Lipinski definition) is 6. The molecule has 0 bridgehead atoms. The quantitative estimate of drug-likeness (QED) is 0.742. The standard InChI is InChI=1S/C20H31NO5/c1-19(2,3)21-10-12(22)11-24-16-7-6-15(23)13-8-17-18(9-14(13)16)26-20(4,5)25-17/h6-7,12,17-18,21-23H,8-11H2,1-5H3. The van der Waals surface area contributed by atoms with Gasteiger partial charge < -0.3 is 29.7 Å². The van der Waals surface area contributed by atoms with Crippen LogP contribution in [0, 0.1) is 0 Å². The van der Waals surface area contributed by atoms with Gasteiger partial charge in [0.15, 0.2) is 5.79 Å². The summed E-state index contributed by atoms with van der Waals surface area (Å²) in [6.07, 6.45) is 0.513. The Bertz CT molecular complexity index is 652. The van der Waals surface area contributed by atoms with Crippen molar-refractivity contribution in [3.05, 3.63) is 23.3 Å². The van der Waals surface area contributed by atoms with Crippen molar-refractivity contribution in [1.29, 1.82) is 0 Å². The summed E-state index contributed by atoms with van der Waals surface area (Å²) >= 11 is 0. The Morgan fingerprint density at radius 2 is 1.81 bits per heavy atom. The van der Waals surface area contributed by atoms with Gasteiger partial charge in [-0.1, -0.05) is 0 Å². The lowest BCUT2D eigenvalue weighted by molar-refractivity contribution is -0.145. The smallest absolute Gasteiger partial charge is 0.163 e. The average molecular weight is 365 g/mol. The number of ether oxygens (including phenoxy) is 3. The molecule has 3 atom stereocenters. The molecule has 1 fully saturated rings. The van der Waals surface area contributed by atoms with Gasteiger partial charge in [0.2, 0.25) is 0 Å². The Balaban J connectivity index is 1.68. The molecule has 6 nitrogen and oxygen atoms in total. The van der Waals surface area contributed by atoms with E-state index in [1.807, 2.05) is 13.8 Å². The Kier molecular flexibility index (Phi) is 5.23. The molecule has 3 N–H and O–H groups in total. The highest BCUT2D eigenvalue weighted by Crippen LogP contribution is 2.42. The van der Waals surface area contributed by atoms with E-state index in [9.17, 15) is 10.2 Å².